The predicted molar refractivity (Wildman–Crippen MR) is 99.8 cm³/mol. The molecule has 1 aliphatic carbocycles. The standard InChI is InChI=1S/C18H27N3O2S/c1-12-8-9-14(3)16(10-12)23-11-17(22)20-21-18(24)19-15-7-5-4-6-13(15)2/h8-10,13,15H,4-7,11H2,1-3H3,(H,20,22)(H2,19,21,24)/t13-,15-/m0/s1. The van der Waals surface area contributed by atoms with E-state index in [1.807, 2.05) is 32.0 Å². The Labute approximate surface area is 149 Å². The van der Waals surface area contributed by atoms with Crippen molar-refractivity contribution in [3.8, 4) is 5.75 Å². The minimum Gasteiger partial charge on any atom is -0.483 e. The van der Waals surface area contributed by atoms with Crippen LogP contribution in [0.5, 0.6) is 5.75 Å². The third kappa shape index (κ3) is 5.67. The zero-order chi connectivity index (χ0) is 17.5. The molecule has 0 radical (unpaired) electrons. The van der Waals surface area contributed by atoms with E-state index in [4.69, 9.17) is 17.0 Å². The van der Waals surface area contributed by atoms with Gasteiger partial charge < -0.3 is 10.1 Å². The number of amides is 1. The second-order valence-corrected chi connectivity index (χ2v) is 6.98. The normalized spacial score (nSPS) is 20.1. The van der Waals surface area contributed by atoms with Crippen molar-refractivity contribution in [2.24, 2.45) is 5.92 Å². The maximum atomic E-state index is 11.9. The lowest BCUT2D eigenvalue weighted by Gasteiger charge is -2.30. The van der Waals surface area contributed by atoms with Crippen molar-refractivity contribution in [1.82, 2.24) is 16.2 Å². The summed E-state index contributed by atoms with van der Waals surface area (Å²) in [6.45, 7) is 6.12. The Morgan fingerprint density at radius 1 is 1.25 bits per heavy atom. The Morgan fingerprint density at radius 2 is 2.00 bits per heavy atom. The summed E-state index contributed by atoms with van der Waals surface area (Å²) in [5.41, 5.74) is 7.43. The molecule has 1 aromatic carbocycles. The number of thiocarbonyl (C=S) groups is 1. The summed E-state index contributed by atoms with van der Waals surface area (Å²) in [6, 6.07) is 6.29. The van der Waals surface area contributed by atoms with Crippen LogP contribution in [0.25, 0.3) is 0 Å². The van der Waals surface area contributed by atoms with Crippen LogP contribution in [0.15, 0.2) is 18.2 Å². The number of hydrazine groups is 1. The van der Waals surface area contributed by atoms with Gasteiger partial charge in [0.1, 0.15) is 5.75 Å². The van der Waals surface area contributed by atoms with E-state index in [0.29, 0.717) is 17.1 Å². The number of nitrogens with one attached hydrogen (secondary N) is 3. The van der Waals surface area contributed by atoms with Gasteiger partial charge in [0.05, 0.1) is 0 Å². The van der Waals surface area contributed by atoms with Crippen LogP contribution in [0.4, 0.5) is 0 Å². The van der Waals surface area contributed by atoms with Gasteiger partial charge in [-0.3, -0.25) is 15.6 Å². The molecule has 0 heterocycles. The van der Waals surface area contributed by atoms with Crippen LogP contribution in [-0.2, 0) is 4.79 Å². The third-order valence-electron chi connectivity index (χ3n) is 4.45. The van der Waals surface area contributed by atoms with Gasteiger partial charge in [-0.25, -0.2) is 0 Å². The number of rotatable bonds is 4. The van der Waals surface area contributed by atoms with Gasteiger partial charge in [0, 0.05) is 6.04 Å². The van der Waals surface area contributed by atoms with Crippen LogP contribution >= 0.6 is 12.2 Å². The highest BCUT2D eigenvalue weighted by Gasteiger charge is 2.21. The number of carbonyl (C=O) groups is 1. The van der Waals surface area contributed by atoms with E-state index in [9.17, 15) is 4.79 Å². The molecule has 0 aliphatic heterocycles. The molecule has 0 spiro atoms. The van der Waals surface area contributed by atoms with E-state index >= 15 is 0 Å². The van der Waals surface area contributed by atoms with Crippen molar-refractivity contribution >= 4 is 23.2 Å². The molecule has 1 aliphatic rings. The fourth-order valence-corrected chi connectivity index (χ4v) is 3.11. The smallest absolute Gasteiger partial charge is 0.276 e. The number of benzene rings is 1. The molecule has 6 heteroatoms. The Hall–Kier alpha value is -1.82. The Morgan fingerprint density at radius 3 is 2.75 bits per heavy atom. The number of carbonyl (C=O) groups excluding carboxylic acids is 1. The second-order valence-electron chi connectivity index (χ2n) is 6.57. The van der Waals surface area contributed by atoms with Crippen molar-refractivity contribution in [2.45, 2.75) is 52.5 Å². The van der Waals surface area contributed by atoms with Gasteiger partial charge in [0.2, 0.25) is 0 Å². The fourth-order valence-electron chi connectivity index (χ4n) is 2.90. The summed E-state index contributed by atoms with van der Waals surface area (Å²) in [5.74, 6) is 1.06. The first-order chi connectivity index (χ1) is 11.5. The maximum absolute atomic E-state index is 11.9. The SMILES string of the molecule is Cc1ccc(C)c(OCC(=O)NNC(=S)N[C@H]2CCCC[C@@H]2C)c1. The highest BCUT2D eigenvalue weighted by molar-refractivity contribution is 7.80. The van der Waals surface area contributed by atoms with Crippen LogP contribution in [0, 0.1) is 19.8 Å². The molecule has 132 valence electrons. The van der Waals surface area contributed by atoms with Gasteiger partial charge in [0.15, 0.2) is 11.7 Å². The van der Waals surface area contributed by atoms with E-state index in [1.165, 1.54) is 19.3 Å². The summed E-state index contributed by atoms with van der Waals surface area (Å²) in [7, 11) is 0. The molecule has 3 N–H and O–H groups in total. The van der Waals surface area contributed by atoms with Crippen LogP contribution < -0.4 is 20.9 Å². The first-order valence-corrected chi connectivity index (χ1v) is 8.92. The number of ether oxygens (including phenoxy) is 1. The Bertz CT molecular complexity index is 592. The van der Waals surface area contributed by atoms with Gasteiger partial charge in [-0.05, 0) is 62.0 Å². The number of hydrogen-bond acceptors (Lipinski definition) is 3. The van der Waals surface area contributed by atoms with Gasteiger partial charge in [-0.1, -0.05) is 31.9 Å². The summed E-state index contributed by atoms with van der Waals surface area (Å²) < 4.78 is 5.56. The molecule has 1 saturated carbocycles. The molecule has 1 fully saturated rings. The first kappa shape index (κ1) is 18.5. The van der Waals surface area contributed by atoms with Crippen LogP contribution in [0.1, 0.15) is 43.7 Å². The van der Waals surface area contributed by atoms with Crippen molar-refractivity contribution in [2.75, 3.05) is 6.61 Å². The zero-order valence-electron chi connectivity index (χ0n) is 14.6. The monoisotopic (exact) mass is 349 g/mol. The fraction of sp³-hybridized carbons (Fsp3) is 0.556. The second kappa shape index (κ2) is 8.87. The van der Waals surface area contributed by atoms with Crippen molar-refractivity contribution in [3.05, 3.63) is 29.3 Å². The van der Waals surface area contributed by atoms with Crippen LogP contribution in [0.2, 0.25) is 0 Å². The largest absolute Gasteiger partial charge is 0.483 e. The highest BCUT2D eigenvalue weighted by Crippen LogP contribution is 2.23. The summed E-state index contributed by atoms with van der Waals surface area (Å²) in [4.78, 5) is 11.9. The molecule has 0 bridgehead atoms. The lowest BCUT2D eigenvalue weighted by molar-refractivity contribution is -0.123. The third-order valence-corrected chi connectivity index (χ3v) is 4.67. The van der Waals surface area contributed by atoms with Crippen molar-refractivity contribution < 1.29 is 9.53 Å². The molecule has 1 aromatic rings. The van der Waals surface area contributed by atoms with Gasteiger partial charge >= 0.3 is 0 Å². The average Bonchev–Trinajstić information content (AvgIpc) is 2.56. The summed E-state index contributed by atoms with van der Waals surface area (Å²) in [6.07, 6.45) is 4.84. The number of hydrogen-bond donors (Lipinski definition) is 3. The van der Waals surface area contributed by atoms with E-state index in [-0.39, 0.29) is 12.5 Å². The minimum atomic E-state index is -0.267. The van der Waals surface area contributed by atoms with E-state index in [0.717, 1.165) is 23.3 Å². The predicted octanol–water partition coefficient (Wildman–Crippen LogP) is 2.76. The molecule has 5 nitrogen and oxygen atoms in total. The molecule has 2 rings (SSSR count). The maximum Gasteiger partial charge on any atom is 0.276 e. The molecule has 2 atom stereocenters. The van der Waals surface area contributed by atoms with Crippen LogP contribution in [0.3, 0.4) is 0 Å². The zero-order valence-corrected chi connectivity index (χ0v) is 15.5. The van der Waals surface area contributed by atoms with Gasteiger partial charge in [0.25, 0.3) is 5.91 Å². The lowest BCUT2D eigenvalue weighted by atomic mass is 9.86. The number of aryl methyl sites for hydroxylation is 2. The topological polar surface area (TPSA) is 62.4 Å². The Balaban J connectivity index is 1.70. The molecule has 24 heavy (non-hydrogen) atoms. The molecule has 0 unspecified atom stereocenters. The van der Waals surface area contributed by atoms with Crippen molar-refractivity contribution in [3.63, 3.8) is 0 Å². The van der Waals surface area contributed by atoms with Gasteiger partial charge in [-0.2, -0.15) is 0 Å². The van der Waals surface area contributed by atoms with Gasteiger partial charge in [-0.15, -0.1) is 0 Å². The van der Waals surface area contributed by atoms with E-state index in [2.05, 4.69) is 23.1 Å². The minimum absolute atomic E-state index is 0.0558. The summed E-state index contributed by atoms with van der Waals surface area (Å²) in [5, 5.41) is 3.73. The highest BCUT2D eigenvalue weighted by atomic mass is 32.1. The quantitative estimate of drug-likeness (QED) is 0.576. The first-order valence-electron chi connectivity index (χ1n) is 8.51. The molecular weight excluding hydrogens is 322 g/mol. The molecular formula is C18H27N3O2S. The van der Waals surface area contributed by atoms with Crippen molar-refractivity contribution in [1.29, 1.82) is 0 Å². The average molecular weight is 350 g/mol. The lowest BCUT2D eigenvalue weighted by Crippen LogP contribution is -2.52. The molecule has 1 amide bonds. The van der Waals surface area contributed by atoms with E-state index < -0.39 is 0 Å². The summed E-state index contributed by atoms with van der Waals surface area (Å²) >= 11 is 5.24. The molecule has 0 aromatic heterocycles. The van der Waals surface area contributed by atoms with Crippen LogP contribution in [-0.4, -0.2) is 23.7 Å². The Kier molecular flexibility index (Phi) is 6.85. The van der Waals surface area contributed by atoms with E-state index in [1.54, 1.807) is 0 Å². The molecule has 0 saturated heterocycles.